The van der Waals surface area contributed by atoms with Crippen molar-refractivity contribution in [2.24, 2.45) is 0 Å². The summed E-state index contributed by atoms with van der Waals surface area (Å²) in [5.74, 6) is 0.140. The molecule has 0 amide bonds. The lowest BCUT2D eigenvalue weighted by Gasteiger charge is -2.05. The highest BCUT2D eigenvalue weighted by Gasteiger charge is 2.22. The van der Waals surface area contributed by atoms with Crippen LogP contribution in [0.1, 0.15) is 43.2 Å². The van der Waals surface area contributed by atoms with Crippen molar-refractivity contribution >= 4 is 27.3 Å². The van der Waals surface area contributed by atoms with Crippen molar-refractivity contribution in [1.82, 2.24) is 10.3 Å². The molecule has 0 unspecified atom stereocenters. The highest BCUT2D eigenvalue weighted by Crippen LogP contribution is 2.34. The Kier molecular flexibility index (Phi) is 4.43. The number of benzene rings is 1. The molecule has 1 aromatic carbocycles. The van der Waals surface area contributed by atoms with Gasteiger partial charge in [-0.2, -0.15) is 0 Å². The number of thiazole rings is 1. The molecule has 5 heteroatoms. The van der Waals surface area contributed by atoms with Crippen LogP contribution in [0.15, 0.2) is 22.7 Å². The molecule has 0 saturated heterocycles. The van der Waals surface area contributed by atoms with Crippen molar-refractivity contribution < 1.29 is 4.39 Å². The van der Waals surface area contributed by atoms with Crippen LogP contribution in [-0.4, -0.2) is 11.0 Å². The summed E-state index contributed by atoms with van der Waals surface area (Å²) in [4.78, 5) is 6.02. The van der Waals surface area contributed by atoms with Crippen LogP contribution in [-0.2, 0) is 6.54 Å². The van der Waals surface area contributed by atoms with Gasteiger partial charge in [0.2, 0.25) is 0 Å². The second-order valence-electron chi connectivity index (χ2n) is 5.80. The molecule has 3 rings (SSSR count). The van der Waals surface area contributed by atoms with E-state index in [1.165, 1.54) is 23.8 Å². The molecule has 0 spiro atoms. The molecule has 2 aromatic rings. The van der Waals surface area contributed by atoms with E-state index in [0.717, 1.165) is 27.3 Å². The van der Waals surface area contributed by atoms with E-state index in [2.05, 4.69) is 35.1 Å². The van der Waals surface area contributed by atoms with Gasteiger partial charge in [-0.25, -0.2) is 9.37 Å². The largest absolute Gasteiger partial charge is 0.309 e. The van der Waals surface area contributed by atoms with Crippen LogP contribution in [0.3, 0.4) is 0 Å². The van der Waals surface area contributed by atoms with E-state index in [4.69, 9.17) is 4.98 Å². The van der Waals surface area contributed by atoms with E-state index in [1.807, 2.05) is 6.07 Å². The summed E-state index contributed by atoms with van der Waals surface area (Å²) >= 11 is 5.01. The number of nitrogens with one attached hydrogen (secondary N) is 1. The average molecular weight is 369 g/mol. The van der Waals surface area contributed by atoms with Crippen LogP contribution >= 0.6 is 27.3 Å². The summed E-state index contributed by atoms with van der Waals surface area (Å²) < 4.78 is 14.3. The maximum absolute atomic E-state index is 13.6. The number of halogens is 2. The molecule has 0 aliphatic heterocycles. The minimum absolute atomic E-state index is 0.238. The lowest BCUT2D eigenvalue weighted by molar-refractivity contribution is 0.627. The molecular weight excluding hydrogens is 351 g/mol. The predicted molar refractivity (Wildman–Crippen MR) is 89.2 cm³/mol. The number of nitrogens with zero attached hydrogens (tertiary/aromatic N) is 1. The van der Waals surface area contributed by atoms with E-state index in [-0.39, 0.29) is 5.82 Å². The lowest BCUT2D eigenvalue weighted by Crippen LogP contribution is -2.15. The fourth-order valence-corrected chi connectivity index (χ4v) is 3.89. The lowest BCUT2D eigenvalue weighted by atomic mass is 10.1. The Morgan fingerprint density at radius 3 is 2.76 bits per heavy atom. The molecule has 0 atom stereocenters. The number of rotatable bonds is 5. The number of hydrogen-bond acceptors (Lipinski definition) is 3. The summed E-state index contributed by atoms with van der Waals surface area (Å²) in [5, 5.41) is 4.44. The van der Waals surface area contributed by atoms with Gasteiger partial charge in [-0.1, -0.05) is 29.8 Å². The van der Waals surface area contributed by atoms with Gasteiger partial charge in [0, 0.05) is 27.5 Å². The normalized spacial score (nSPS) is 14.9. The minimum atomic E-state index is -0.238. The zero-order valence-corrected chi connectivity index (χ0v) is 14.5. The van der Waals surface area contributed by atoms with Gasteiger partial charge in [-0.05, 0) is 37.0 Å². The first-order valence-corrected chi connectivity index (χ1v) is 8.83. The quantitative estimate of drug-likeness (QED) is 0.794. The zero-order valence-electron chi connectivity index (χ0n) is 12.1. The summed E-state index contributed by atoms with van der Waals surface area (Å²) in [7, 11) is 0. The molecule has 1 aliphatic rings. The van der Waals surface area contributed by atoms with Crippen molar-refractivity contribution in [2.45, 2.75) is 45.2 Å². The van der Waals surface area contributed by atoms with E-state index in [1.54, 1.807) is 17.4 Å². The van der Waals surface area contributed by atoms with Gasteiger partial charge in [0.1, 0.15) is 10.8 Å². The van der Waals surface area contributed by atoms with Gasteiger partial charge in [0.15, 0.2) is 0 Å². The van der Waals surface area contributed by atoms with Crippen LogP contribution in [0.2, 0.25) is 0 Å². The Labute approximate surface area is 136 Å². The molecule has 0 bridgehead atoms. The van der Waals surface area contributed by atoms with Crippen LogP contribution < -0.4 is 5.32 Å². The van der Waals surface area contributed by atoms with Crippen molar-refractivity contribution in [3.8, 4) is 10.6 Å². The maximum atomic E-state index is 13.6. The van der Waals surface area contributed by atoms with E-state index in [0.29, 0.717) is 12.0 Å². The molecular formula is C16H18BrFN2S. The minimum Gasteiger partial charge on any atom is -0.309 e. The van der Waals surface area contributed by atoms with Gasteiger partial charge in [0.25, 0.3) is 0 Å². The third kappa shape index (κ3) is 3.71. The molecule has 1 N–H and O–H groups in total. The van der Waals surface area contributed by atoms with Gasteiger partial charge in [-0.15, -0.1) is 11.3 Å². The van der Waals surface area contributed by atoms with Crippen LogP contribution in [0, 0.1) is 5.82 Å². The molecule has 112 valence electrons. The van der Waals surface area contributed by atoms with Crippen LogP contribution in [0.4, 0.5) is 4.39 Å². The van der Waals surface area contributed by atoms with Crippen molar-refractivity contribution in [3.63, 3.8) is 0 Å². The van der Waals surface area contributed by atoms with Crippen molar-refractivity contribution in [1.29, 1.82) is 0 Å². The average Bonchev–Trinajstić information content (AvgIpc) is 3.13. The third-order valence-corrected chi connectivity index (χ3v) is 5.09. The third-order valence-electron chi connectivity index (χ3n) is 3.51. The molecule has 0 radical (unpaired) electrons. The van der Waals surface area contributed by atoms with Crippen molar-refractivity contribution in [3.05, 3.63) is 39.1 Å². The van der Waals surface area contributed by atoms with Crippen LogP contribution in [0.5, 0.6) is 0 Å². The second kappa shape index (κ2) is 6.15. The smallest absolute Gasteiger partial charge is 0.125 e. The summed E-state index contributed by atoms with van der Waals surface area (Å²) in [6, 6.07) is 5.62. The Hall–Kier alpha value is -0.780. The Morgan fingerprint density at radius 2 is 2.14 bits per heavy atom. The van der Waals surface area contributed by atoms with Gasteiger partial charge in [0.05, 0.1) is 5.69 Å². The monoisotopic (exact) mass is 368 g/mol. The van der Waals surface area contributed by atoms with Gasteiger partial charge >= 0.3 is 0 Å². The molecule has 1 saturated carbocycles. The highest BCUT2D eigenvalue weighted by atomic mass is 79.9. The van der Waals surface area contributed by atoms with E-state index in [9.17, 15) is 4.39 Å². The SMILES string of the molecule is CC(C)c1nc(-c2cc(F)cc(Br)c2)sc1CNC1CC1. The predicted octanol–water partition coefficient (Wildman–Crippen LogP) is 5.09. The van der Waals surface area contributed by atoms with Crippen LogP contribution in [0.25, 0.3) is 10.6 Å². The summed E-state index contributed by atoms with van der Waals surface area (Å²) in [6.07, 6.45) is 2.55. The van der Waals surface area contributed by atoms with E-state index < -0.39 is 0 Å². The first-order valence-electron chi connectivity index (χ1n) is 7.22. The number of aromatic nitrogens is 1. The zero-order chi connectivity index (χ0) is 15.0. The van der Waals surface area contributed by atoms with E-state index >= 15 is 0 Å². The standard InChI is InChI=1S/C16H18BrFN2S/c1-9(2)15-14(8-19-13-3-4-13)21-16(20-15)10-5-11(17)7-12(18)6-10/h5-7,9,13,19H,3-4,8H2,1-2H3. The van der Waals surface area contributed by atoms with Gasteiger partial charge < -0.3 is 5.32 Å². The summed E-state index contributed by atoms with van der Waals surface area (Å²) in [6.45, 7) is 5.17. The molecule has 1 aromatic heterocycles. The molecule has 2 nitrogen and oxygen atoms in total. The molecule has 21 heavy (non-hydrogen) atoms. The van der Waals surface area contributed by atoms with Crippen molar-refractivity contribution in [2.75, 3.05) is 0 Å². The first kappa shape index (κ1) is 15.1. The second-order valence-corrected chi connectivity index (χ2v) is 7.79. The maximum Gasteiger partial charge on any atom is 0.125 e. The number of hydrogen-bond donors (Lipinski definition) is 1. The molecule has 1 fully saturated rings. The highest BCUT2D eigenvalue weighted by molar-refractivity contribution is 9.10. The summed E-state index contributed by atoms with van der Waals surface area (Å²) in [5.41, 5.74) is 1.97. The fourth-order valence-electron chi connectivity index (χ4n) is 2.27. The Bertz CT molecular complexity index is 629. The fraction of sp³-hybridized carbons (Fsp3) is 0.438. The Balaban J connectivity index is 1.92. The molecule has 1 heterocycles. The topological polar surface area (TPSA) is 24.9 Å². The molecule has 1 aliphatic carbocycles. The van der Waals surface area contributed by atoms with Gasteiger partial charge in [-0.3, -0.25) is 0 Å². The first-order chi connectivity index (χ1) is 10.0. The Morgan fingerprint density at radius 1 is 1.38 bits per heavy atom.